The lowest BCUT2D eigenvalue weighted by atomic mass is 10.0. The largest absolute Gasteiger partial charge is 0.394 e. The Balaban J connectivity index is 3.56. The maximum atomic E-state index is 12.5. The van der Waals surface area contributed by atoms with Crippen LogP contribution in [0.25, 0.3) is 0 Å². The Morgan fingerprint density at radius 3 is 0.984 bits per heavy atom. The van der Waals surface area contributed by atoms with Crippen LogP contribution in [0.15, 0.2) is 36.5 Å². The number of hydrogen-bond acceptors (Lipinski definition) is 4. The standard InChI is InChI=1S/C57H109NO4/c1-3-5-7-9-11-13-15-17-19-21-23-24-25-26-27-28-29-30-31-32-33-34-36-38-40-42-44-46-48-50-52-56(61)58-54(53-59)57(62)55(60)51-49-47-45-43-41-39-37-35-22-20-18-16-14-12-10-8-6-4-2/h26-27,35,37,43,45,54-55,57,59-60,62H,3-25,28-34,36,38-42,44,46-53H2,1-2H3,(H,58,61)/b27-26-,37-35+,45-43+. The summed E-state index contributed by atoms with van der Waals surface area (Å²) < 4.78 is 0. The van der Waals surface area contributed by atoms with Gasteiger partial charge in [-0.2, -0.15) is 0 Å². The normalized spacial score (nSPS) is 13.6. The summed E-state index contributed by atoms with van der Waals surface area (Å²) in [6.45, 7) is 4.19. The third-order valence-electron chi connectivity index (χ3n) is 12.9. The molecular formula is C57H109NO4. The molecule has 0 aromatic rings. The zero-order chi connectivity index (χ0) is 45.1. The first-order chi connectivity index (χ1) is 30.6. The van der Waals surface area contributed by atoms with Crippen molar-refractivity contribution in [3.05, 3.63) is 36.5 Å². The Morgan fingerprint density at radius 1 is 0.387 bits per heavy atom. The second-order valence-electron chi connectivity index (χ2n) is 19.1. The van der Waals surface area contributed by atoms with E-state index in [1.54, 1.807) is 0 Å². The number of carbonyl (C=O) groups is 1. The molecule has 0 aliphatic heterocycles. The summed E-state index contributed by atoms with van der Waals surface area (Å²) in [4.78, 5) is 12.5. The van der Waals surface area contributed by atoms with Gasteiger partial charge in [0.15, 0.2) is 0 Å². The average Bonchev–Trinajstić information content (AvgIpc) is 3.28. The summed E-state index contributed by atoms with van der Waals surface area (Å²) in [6, 6.07) is -0.832. The molecular weight excluding hydrogens is 763 g/mol. The van der Waals surface area contributed by atoms with Crippen LogP contribution < -0.4 is 5.32 Å². The zero-order valence-corrected chi connectivity index (χ0v) is 41.8. The Morgan fingerprint density at radius 2 is 0.661 bits per heavy atom. The van der Waals surface area contributed by atoms with Gasteiger partial charge in [-0.1, -0.05) is 249 Å². The minimum Gasteiger partial charge on any atom is -0.394 e. The minimum absolute atomic E-state index is 0.155. The number of nitrogens with one attached hydrogen (secondary N) is 1. The molecule has 0 fully saturated rings. The van der Waals surface area contributed by atoms with E-state index in [1.807, 2.05) is 0 Å². The lowest BCUT2D eigenvalue weighted by molar-refractivity contribution is -0.124. The van der Waals surface area contributed by atoms with Crippen LogP contribution in [0.5, 0.6) is 0 Å². The number of amides is 1. The number of carbonyl (C=O) groups excluding carboxylic acids is 1. The first-order valence-corrected chi connectivity index (χ1v) is 27.8. The second kappa shape index (κ2) is 52.2. The Kier molecular flexibility index (Phi) is 51.0. The molecule has 0 saturated carbocycles. The van der Waals surface area contributed by atoms with Crippen molar-refractivity contribution >= 4 is 5.91 Å². The molecule has 1 amide bonds. The highest BCUT2D eigenvalue weighted by molar-refractivity contribution is 5.76. The molecule has 0 bridgehead atoms. The van der Waals surface area contributed by atoms with Crippen molar-refractivity contribution < 1.29 is 20.1 Å². The molecule has 0 radical (unpaired) electrons. The van der Waals surface area contributed by atoms with E-state index in [0.29, 0.717) is 12.8 Å². The predicted molar refractivity (Wildman–Crippen MR) is 273 cm³/mol. The molecule has 3 unspecified atom stereocenters. The highest BCUT2D eigenvalue weighted by atomic mass is 16.3. The predicted octanol–water partition coefficient (Wildman–Crippen LogP) is 17.1. The quantitative estimate of drug-likeness (QED) is 0.0362. The lowest BCUT2D eigenvalue weighted by Gasteiger charge is -2.26. The van der Waals surface area contributed by atoms with Gasteiger partial charge >= 0.3 is 0 Å². The van der Waals surface area contributed by atoms with Gasteiger partial charge in [0.1, 0.15) is 6.10 Å². The molecule has 62 heavy (non-hydrogen) atoms. The average molecular weight is 873 g/mol. The molecule has 0 rings (SSSR count). The summed E-state index contributed by atoms with van der Waals surface area (Å²) in [6.07, 6.45) is 67.3. The summed E-state index contributed by atoms with van der Waals surface area (Å²) in [7, 11) is 0. The first-order valence-electron chi connectivity index (χ1n) is 27.8. The third-order valence-corrected chi connectivity index (χ3v) is 12.9. The lowest BCUT2D eigenvalue weighted by Crippen LogP contribution is -2.50. The van der Waals surface area contributed by atoms with Crippen LogP contribution in [-0.4, -0.2) is 46.1 Å². The molecule has 0 spiro atoms. The highest BCUT2D eigenvalue weighted by Crippen LogP contribution is 2.17. The molecule has 5 nitrogen and oxygen atoms in total. The van der Waals surface area contributed by atoms with Gasteiger partial charge in [0.2, 0.25) is 5.91 Å². The van der Waals surface area contributed by atoms with Crippen LogP contribution in [-0.2, 0) is 4.79 Å². The molecule has 5 heteroatoms. The van der Waals surface area contributed by atoms with Gasteiger partial charge in [-0.05, 0) is 77.0 Å². The van der Waals surface area contributed by atoms with Crippen molar-refractivity contribution in [1.82, 2.24) is 5.32 Å². The third kappa shape index (κ3) is 46.6. The van der Waals surface area contributed by atoms with Crippen LogP contribution in [0.4, 0.5) is 0 Å². The summed E-state index contributed by atoms with van der Waals surface area (Å²) in [5, 5.41) is 33.7. The fourth-order valence-electron chi connectivity index (χ4n) is 8.65. The molecule has 3 atom stereocenters. The maximum Gasteiger partial charge on any atom is 0.220 e. The van der Waals surface area contributed by atoms with Crippen molar-refractivity contribution in [2.24, 2.45) is 0 Å². The monoisotopic (exact) mass is 872 g/mol. The molecule has 0 aromatic heterocycles. The molecule has 0 aliphatic rings. The van der Waals surface area contributed by atoms with Gasteiger partial charge < -0.3 is 20.6 Å². The van der Waals surface area contributed by atoms with E-state index in [1.165, 1.54) is 225 Å². The van der Waals surface area contributed by atoms with Gasteiger partial charge in [-0.3, -0.25) is 4.79 Å². The second-order valence-corrected chi connectivity index (χ2v) is 19.1. The topological polar surface area (TPSA) is 89.8 Å². The molecule has 0 aliphatic carbocycles. The van der Waals surface area contributed by atoms with E-state index >= 15 is 0 Å². The van der Waals surface area contributed by atoms with Crippen LogP contribution in [0, 0.1) is 0 Å². The number of unbranched alkanes of at least 4 members (excludes halogenated alkanes) is 37. The Hall–Kier alpha value is -1.43. The summed E-state index contributed by atoms with van der Waals surface area (Å²) >= 11 is 0. The number of aliphatic hydroxyl groups excluding tert-OH is 3. The molecule has 366 valence electrons. The van der Waals surface area contributed by atoms with E-state index in [-0.39, 0.29) is 12.5 Å². The Bertz CT molecular complexity index is 962. The van der Waals surface area contributed by atoms with E-state index in [0.717, 1.165) is 44.9 Å². The fourth-order valence-corrected chi connectivity index (χ4v) is 8.65. The minimum atomic E-state index is -1.17. The van der Waals surface area contributed by atoms with Gasteiger partial charge in [-0.15, -0.1) is 0 Å². The van der Waals surface area contributed by atoms with Gasteiger partial charge in [0.05, 0.1) is 18.8 Å². The van der Waals surface area contributed by atoms with Crippen molar-refractivity contribution in [2.75, 3.05) is 6.61 Å². The summed E-state index contributed by atoms with van der Waals surface area (Å²) in [5.74, 6) is -0.155. The highest BCUT2D eigenvalue weighted by Gasteiger charge is 2.26. The van der Waals surface area contributed by atoms with E-state index in [9.17, 15) is 20.1 Å². The molecule has 0 saturated heterocycles. The van der Waals surface area contributed by atoms with Crippen molar-refractivity contribution in [1.29, 1.82) is 0 Å². The first kappa shape index (κ1) is 60.6. The number of rotatable bonds is 51. The number of allylic oxidation sites excluding steroid dienone is 6. The van der Waals surface area contributed by atoms with Crippen molar-refractivity contribution in [3.63, 3.8) is 0 Å². The van der Waals surface area contributed by atoms with Crippen LogP contribution in [0.3, 0.4) is 0 Å². The van der Waals surface area contributed by atoms with Gasteiger partial charge in [0, 0.05) is 6.42 Å². The van der Waals surface area contributed by atoms with E-state index in [2.05, 4.69) is 55.6 Å². The smallest absolute Gasteiger partial charge is 0.220 e. The van der Waals surface area contributed by atoms with Crippen LogP contribution >= 0.6 is 0 Å². The number of aliphatic hydroxyl groups is 3. The maximum absolute atomic E-state index is 12.5. The van der Waals surface area contributed by atoms with E-state index < -0.39 is 18.2 Å². The Labute approximate surface area is 387 Å². The van der Waals surface area contributed by atoms with Gasteiger partial charge in [-0.25, -0.2) is 0 Å². The van der Waals surface area contributed by atoms with Crippen molar-refractivity contribution in [3.8, 4) is 0 Å². The van der Waals surface area contributed by atoms with Crippen LogP contribution in [0.1, 0.15) is 296 Å². The molecule has 4 N–H and O–H groups in total. The molecule has 0 heterocycles. The van der Waals surface area contributed by atoms with Gasteiger partial charge in [0.25, 0.3) is 0 Å². The van der Waals surface area contributed by atoms with Crippen molar-refractivity contribution in [2.45, 2.75) is 315 Å². The zero-order valence-electron chi connectivity index (χ0n) is 41.8. The van der Waals surface area contributed by atoms with E-state index in [4.69, 9.17) is 0 Å². The SMILES string of the molecule is CCCCCCCCCCC/C=C/CC/C=C/CCCC(O)C(O)C(CO)NC(=O)CCCCCCCCCCCCCCCC/C=C\CCCCCCCCCCCCCC. The van der Waals surface area contributed by atoms with Crippen LogP contribution in [0.2, 0.25) is 0 Å². The number of hydrogen-bond donors (Lipinski definition) is 4. The fraction of sp³-hybridized carbons (Fsp3) is 0.877. The molecule has 0 aromatic carbocycles. The summed E-state index contributed by atoms with van der Waals surface area (Å²) in [5.41, 5.74) is 0.